The van der Waals surface area contributed by atoms with Crippen molar-refractivity contribution in [3.63, 3.8) is 0 Å². The number of anilines is 1. The molecule has 0 spiro atoms. The molecule has 1 aromatic heterocycles. The highest BCUT2D eigenvalue weighted by Crippen LogP contribution is 2.27. The van der Waals surface area contributed by atoms with Crippen molar-refractivity contribution >= 4 is 23.4 Å². The van der Waals surface area contributed by atoms with E-state index in [1.165, 1.54) is 11.8 Å². The van der Waals surface area contributed by atoms with Gasteiger partial charge < -0.3 is 10.1 Å². The Hall–Kier alpha value is -3.58. The molecule has 0 aliphatic heterocycles. The van der Waals surface area contributed by atoms with E-state index >= 15 is 0 Å². The molecule has 0 bridgehead atoms. The fourth-order valence-electron chi connectivity index (χ4n) is 3.83. The normalized spacial score (nSPS) is 11.0. The molecule has 0 aliphatic carbocycles. The molecule has 0 radical (unpaired) electrons. The zero-order valence-corrected chi connectivity index (χ0v) is 21.1. The van der Waals surface area contributed by atoms with Gasteiger partial charge in [-0.2, -0.15) is 0 Å². The van der Waals surface area contributed by atoms with Crippen molar-refractivity contribution < 1.29 is 9.53 Å². The first-order valence-corrected chi connectivity index (χ1v) is 12.8. The monoisotopic (exact) mass is 486 g/mol. The highest BCUT2D eigenvalue weighted by Gasteiger charge is 2.17. The second kappa shape index (κ2) is 11.7. The van der Waals surface area contributed by atoms with Crippen LogP contribution in [0.3, 0.4) is 0 Å². The van der Waals surface area contributed by atoms with Crippen molar-refractivity contribution in [2.45, 2.75) is 38.3 Å². The van der Waals surface area contributed by atoms with Gasteiger partial charge in [-0.15, -0.1) is 10.2 Å². The molecule has 0 aliphatic rings. The second-order valence-corrected chi connectivity index (χ2v) is 9.34. The molecule has 4 rings (SSSR count). The van der Waals surface area contributed by atoms with Crippen molar-refractivity contribution in [1.29, 1.82) is 0 Å². The van der Waals surface area contributed by atoms with Crippen LogP contribution in [0.4, 0.5) is 5.69 Å². The Balaban J connectivity index is 1.55. The second-order valence-electron chi connectivity index (χ2n) is 8.40. The van der Waals surface area contributed by atoms with E-state index in [9.17, 15) is 4.79 Å². The van der Waals surface area contributed by atoms with Crippen molar-refractivity contribution in [3.8, 4) is 11.4 Å². The van der Waals surface area contributed by atoms with Crippen LogP contribution in [-0.4, -0.2) is 33.0 Å². The Morgan fingerprint density at radius 3 is 2.40 bits per heavy atom. The number of rotatable bonds is 10. The quantitative estimate of drug-likeness (QED) is 0.274. The summed E-state index contributed by atoms with van der Waals surface area (Å²) in [6.07, 6.45) is 0.634. The fourth-order valence-corrected chi connectivity index (χ4v) is 4.61. The van der Waals surface area contributed by atoms with Crippen LogP contribution in [-0.2, 0) is 11.2 Å². The largest absolute Gasteiger partial charge is 0.494 e. The minimum Gasteiger partial charge on any atom is -0.494 e. The number of benzene rings is 3. The minimum absolute atomic E-state index is 0.0750. The number of hydrogen-bond donors (Lipinski definition) is 1. The topological polar surface area (TPSA) is 69.0 Å². The van der Waals surface area contributed by atoms with Gasteiger partial charge in [-0.25, -0.2) is 0 Å². The number of amides is 1. The Morgan fingerprint density at radius 1 is 0.971 bits per heavy atom. The summed E-state index contributed by atoms with van der Waals surface area (Å²) in [7, 11) is 0. The average Bonchev–Trinajstić information content (AvgIpc) is 3.26. The molecule has 7 heteroatoms. The van der Waals surface area contributed by atoms with E-state index in [1.54, 1.807) is 0 Å². The zero-order valence-electron chi connectivity index (χ0n) is 20.3. The number of ether oxygens (including phenoxy) is 1. The summed E-state index contributed by atoms with van der Waals surface area (Å²) >= 11 is 1.38. The highest BCUT2D eigenvalue weighted by atomic mass is 32.2. The highest BCUT2D eigenvalue weighted by molar-refractivity contribution is 7.99. The summed E-state index contributed by atoms with van der Waals surface area (Å²) in [5, 5.41) is 12.6. The molecule has 4 aromatic rings. The van der Waals surface area contributed by atoms with E-state index in [1.807, 2.05) is 78.2 Å². The minimum atomic E-state index is -0.0750. The first-order chi connectivity index (χ1) is 17.0. The predicted octanol–water partition coefficient (Wildman–Crippen LogP) is 6.11. The van der Waals surface area contributed by atoms with Crippen molar-refractivity contribution in [1.82, 2.24) is 14.8 Å². The molecule has 1 amide bonds. The van der Waals surface area contributed by atoms with Gasteiger partial charge in [0.25, 0.3) is 0 Å². The summed E-state index contributed by atoms with van der Waals surface area (Å²) in [5.74, 6) is 2.10. The SMILES string of the molecule is CCOc1ccc(-n2c(Cc3ccccc3)nnc2SCC(=O)Nc2ccccc2C(C)C)cc1. The van der Waals surface area contributed by atoms with Crippen LogP contribution in [0.2, 0.25) is 0 Å². The number of nitrogens with zero attached hydrogens (tertiary/aromatic N) is 3. The van der Waals surface area contributed by atoms with Crippen LogP contribution in [0.5, 0.6) is 5.75 Å². The van der Waals surface area contributed by atoms with Crippen LogP contribution in [0.1, 0.15) is 43.6 Å². The van der Waals surface area contributed by atoms with Crippen molar-refractivity contribution in [2.24, 2.45) is 0 Å². The molecule has 1 N–H and O–H groups in total. The Morgan fingerprint density at radius 2 is 1.69 bits per heavy atom. The van der Waals surface area contributed by atoms with Gasteiger partial charge in [-0.1, -0.05) is 74.1 Å². The number of thioether (sulfide) groups is 1. The van der Waals surface area contributed by atoms with Gasteiger partial charge >= 0.3 is 0 Å². The standard InChI is InChI=1S/C28H30N4O2S/c1-4-34-23-16-14-22(15-17-23)32-26(18-21-10-6-5-7-11-21)30-31-28(32)35-19-27(33)29-25-13-9-8-12-24(25)20(2)3/h5-17,20H,4,18-19H2,1-3H3,(H,29,33). The maximum atomic E-state index is 12.8. The van der Waals surface area contributed by atoms with Crippen molar-refractivity contribution in [2.75, 3.05) is 17.7 Å². The van der Waals surface area contributed by atoms with E-state index in [2.05, 4.69) is 41.5 Å². The molecule has 35 heavy (non-hydrogen) atoms. The van der Waals surface area contributed by atoms with E-state index in [0.29, 0.717) is 24.1 Å². The molecule has 0 fully saturated rings. The number of carbonyl (C=O) groups excluding carboxylic acids is 1. The van der Waals surface area contributed by atoms with E-state index in [0.717, 1.165) is 34.1 Å². The Labute approximate surface area is 210 Å². The van der Waals surface area contributed by atoms with Gasteiger partial charge in [0.05, 0.1) is 12.4 Å². The van der Waals surface area contributed by atoms with Gasteiger partial charge in [-0.3, -0.25) is 9.36 Å². The zero-order chi connectivity index (χ0) is 24.6. The van der Waals surface area contributed by atoms with E-state index < -0.39 is 0 Å². The molecule has 0 unspecified atom stereocenters. The van der Waals surface area contributed by atoms with Gasteiger partial charge in [0.1, 0.15) is 11.6 Å². The summed E-state index contributed by atoms with van der Waals surface area (Å²) in [4.78, 5) is 12.8. The number of nitrogens with one attached hydrogen (secondary N) is 1. The van der Waals surface area contributed by atoms with Crippen LogP contribution >= 0.6 is 11.8 Å². The lowest BCUT2D eigenvalue weighted by atomic mass is 10.0. The van der Waals surface area contributed by atoms with E-state index in [-0.39, 0.29) is 11.7 Å². The molecule has 3 aromatic carbocycles. The first kappa shape index (κ1) is 24.5. The summed E-state index contributed by atoms with van der Waals surface area (Å²) in [6.45, 7) is 6.81. The predicted molar refractivity (Wildman–Crippen MR) is 142 cm³/mol. The van der Waals surface area contributed by atoms with Crippen LogP contribution < -0.4 is 10.1 Å². The molecule has 0 atom stereocenters. The Bertz CT molecular complexity index is 1250. The number of hydrogen-bond acceptors (Lipinski definition) is 5. The maximum absolute atomic E-state index is 12.8. The first-order valence-electron chi connectivity index (χ1n) is 11.8. The third kappa shape index (κ3) is 6.31. The summed E-state index contributed by atoms with van der Waals surface area (Å²) in [5.41, 5.74) is 4.04. The number of aromatic nitrogens is 3. The fraction of sp³-hybridized carbons (Fsp3) is 0.250. The molecule has 0 saturated heterocycles. The maximum Gasteiger partial charge on any atom is 0.234 e. The lowest BCUT2D eigenvalue weighted by molar-refractivity contribution is -0.113. The number of para-hydroxylation sites is 1. The lowest BCUT2D eigenvalue weighted by Crippen LogP contribution is -2.16. The van der Waals surface area contributed by atoms with Crippen molar-refractivity contribution in [3.05, 3.63) is 95.8 Å². The Kier molecular flexibility index (Phi) is 8.21. The van der Waals surface area contributed by atoms with Gasteiger partial charge in [-0.05, 0) is 54.3 Å². The van der Waals surface area contributed by atoms with Gasteiger partial charge in [0.15, 0.2) is 5.16 Å². The van der Waals surface area contributed by atoms with Gasteiger partial charge in [0, 0.05) is 17.8 Å². The van der Waals surface area contributed by atoms with Gasteiger partial charge in [0.2, 0.25) is 5.91 Å². The van der Waals surface area contributed by atoms with Crippen LogP contribution in [0.15, 0.2) is 84.0 Å². The average molecular weight is 487 g/mol. The molecule has 1 heterocycles. The smallest absolute Gasteiger partial charge is 0.234 e. The van der Waals surface area contributed by atoms with Crippen LogP contribution in [0.25, 0.3) is 5.69 Å². The number of carbonyl (C=O) groups is 1. The lowest BCUT2D eigenvalue weighted by Gasteiger charge is -2.14. The molecule has 6 nitrogen and oxygen atoms in total. The molecular formula is C28H30N4O2S. The summed E-state index contributed by atoms with van der Waals surface area (Å²) < 4.78 is 7.61. The van der Waals surface area contributed by atoms with E-state index in [4.69, 9.17) is 4.74 Å². The third-order valence-corrected chi connectivity index (χ3v) is 6.43. The molecule has 180 valence electrons. The third-order valence-electron chi connectivity index (χ3n) is 5.50. The molecular weight excluding hydrogens is 456 g/mol. The summed E-state index contributed by atoms with van der Waals surface area (Å²) in [6, 6.07) is 26.0. The molecule has 0 saturated carbocycles. The van der Waals surface area contributed by atoms with Crippen LogP contribution in [0, 0.1) is 0 Å².